The molecule has 12 atom stereocenters. The molecule has 2 fully saturated rings. The van der Waals surface area contributed by atoms with Crippen molar-refractivity contribution in [3.63, 3.8) is 0 Å². The lowest BCUT2D eigenvalue weighted by Crippen LogP contribution is -2.62. The van der Waals surface area contributed by atoms with Gasteiger partial charge < -0.3 is 83.5 Å². The summed E-state index contributed by atoms with van der Waals surface area (Å²) in [5, 5.41) is 63.8. The molecule has 0 aliphatic carbocycles. The van der Waals surface area contributed by atoms with Gasteiger partial charge in [0.2, 0.25) is 59.1 Å². The zero-order valence-electron chi connectivity index (χ0n) is 47.3. The van der Waals surface area contributed by atoms with Crippen LogP contribution in [0.1, 0.15) is 77.7 Å². The molecule has 12 amide bonds. The van der Waals surface area contributed by atoms with Gasteiger partial charge in [-0.2, -0.15) is 0 Å². The number of aliphatic hydroxyl groups excluding tert-OH is 3. The molecule has 30 nitrogen and oxygen atoms in total. The fraction of sp³-hybridized carbons (Fsp3) is 0.593. The molecule has 15 N–H and O–H groups in total. The monoisotopic (exact) mass is 1210 g/mol. The number of primary amides is 1. The van der Waals surface area contributed by atoms with Gasteiger partial charge in [-0.3, -0.25) is 66.6 Å². The van der Waals surface area contributed by atoms with Crippen molar-refractivity contribution in [2.45, 2.75) is 132 Å². The average molecular weight is 1210 g/mol. The summed E-state index contributed by atoms with van der Waals surface area (Å²) in [6.07, 6.45) is 0.0173. The Labute approximate surface area is 490 Å². The van der Waals surface area contributed by atoms with E-state index < -0.39 is 176 Å². The first-order valence-electron chi connectivity index (χ1n) is 28.3. The Morgan fingerprint density at radius 2 is 1.52 bits per heavy atom. The van der Waals surface area contributed by atoms with Crippen LogP contribution in [0, 0.1) is 17.8 Å². The van der Waals surface area contributed by atoms with Gasteiger partial charge in [-0.25, -0.2) is 0 Å². The molecular formula is C54H75N13O17S. The lowest BCUT2D eigenvalue weighted by molar-refractivity contribution is -0.144. The van der Waals surface area contributed by atoms with Crippen LogP contribution in [0.5, 0.6) is 5.75 Å². The molecule has 464 valence electrons. The number of hydrogen-bond acceptors (Lipinski definition) is 18. The number of imide groups is 1. The normalized spacial score (nSPS) is 27.0. The van der Waals surface area contributed by atoms with Crippen LogP contribution in [0.3, 0.4) is 0 Å². The number of fused-ring (bicyclic) bond motifs is 5. The number of aromatic amines is 1. The highest BCUT2D eigenvalue weighted by atomic mass is 32.2. The van der Waals surface area contributed by atoms with Crippen LogP contribution in [-0.4, -0.2) is 217 Å². The minimum Gasteiger partial charge on any atom is -0.506 e. The molecule has 7 rings (SSSR count). The highest BCUT2D eigenvalue weighted by Gasteiger charge is 2.45. The number of carbonyl (C=O) groups is 12. The number of aromatic hydroxyl groups is 1. The zero-order chi connectivity index (χ0) is 62.0. The van der Waals surface area contributed by atoms with Crippen LogP contribution in [0.15, 0.2) is 29.3 Å². The Kier molecular flexibility index (Phi) is 21.8. The van der Waals surface area contributed by atoms with Crippen LogP contribution < -0.4 is 53.2 Å². The van der Waals surface area contributed by atoms with E-state index in [-0.39, 0.29) is 82.6 Å². The average Bonchev–Trinajstić information content (AvgIpc) is 1.95. The van der Waals surface area contributed by atoms with Gasteiger partial charge in [0.25, 0.3) is 11.8 Å². The van der Waals surface area contributed by atoms with E-state index in [9.17, 15) is 78.0 Å². The first kappa shape index (κ1) is 64.5. The number of anilines is 1. The maximum absolute atomic E-state index is 15.3. The highest BCUT2D eigenvalue weighted by molar-refractivity contribution is 7.85. The van der Waals surface area contributed by atoms with Gasteiger partial charge >= 0.3 is 0 Å². The van der Waals surface area contributed by atoms with Crippen molar-refractivity contribution in [1.82, 2.24) is 57.3 Å². The summed E-state index contributed by atoms with van der Waals surface area (Å²) in [7, 11) is -2.52. The minimum absolute atomic E-state index is 0.0241. The smallest absolute Gasteiger partial charge is 0.253 e. The van der Waals surface area contributed by atoms with Crippen molar-refractivity contribution in [3.8, 4) is 5.75 Å². The van der Waals surface area contributed by atoms with E-state index in [1.165, 1.54) is 31.2 Å². The third-order valence-corrected chi connectivity index (χ3v) is 17.5. The molecule has 0 spiro atoms. The second-order valence-electron chi connectivity index (χ2n) is 22.2. The molecule has 31 heteroatoms. The zero-order valence-corrected chi connectivity index (χ0v) is 48.1. The largest absolute Gasteiger partial charge is 0.506 e. The van der Waals surface area contributed by atoms with Gasteiger partial charge in [0.15, 0.2) is 0 Å². The van der Waals surface area contributed by atoms with Crippen molar-refractivity contribution in [3.05, 3.63) is 29.8 Å². The predicted octanol–water partition coefficient (Wildman–Crippen LogP) is -5.49. The number of hydrogen-bond donors (Lipinski definition) is 14. The number of rotatable bonds is 16. The number of carbonyl (C=O) groups excluding carboxylic acids is 12. The summed E-state index contributed by atoms with van der Waals surface area (Å²) in [5.74, 6) is -13.7. The number of amides is 12. The first-order chi connectivity index (χ1) is 40.4. The van der Waals surface area contributed by atoms with Crippen LogP contribution in [0.25, 0.3) is 10.9 Å². The number of nitrogens with two attached hydrogens (primary N) is 1. The van der Waals surface area contributed by atoms with Gasteiger partial charge in [-0.15, -0.1) is 0 Å². The Hall–Kier alpha value is -8.03. The van der Waals surface area contributed by atoms with Crippen LogP contribution in [-0.2, 0) is 74.8 Å². The number of benzene rings is 1. The molecule has 1 aromatic carbocycles. The van der Waals surface area contributed by atoms with E-state index in [0.717, 1.165) is 9.80 Å². The van der Waals surface area contributed by atoms with E-state index in [2.05, 4.69) is 47.5 Å². The Balaban J connectivity index is 1.30. The number of phenols is 1. The molecule has 1 aromatic heterocycles. The molecular weight excluding hydrogens is 1130 g/mol. The number of nitrogens with one attached hydrogen (secondary N) is 9. The Bertz CT molecular complexity index is 2990. The van der Waals surface area contributed by atoms with E-state index >= 15 is 4.21 Å². The standard InChI is InChI=1S/C54H75N13O17S/c1-4-26(2)44-51(81)58-20-40(74)59-34-25-85(84)53-31(30-9-10-36(70)47(46(30)64-53)65-15-13-28(22-65)19-56-39(73)8-6-5-7-14-66-42(76)11-12-43(66)77)17-32(48(78)57-21-41(75)62-44)60-52(82)45(27(3)37(71)24-68)63-50(80)35-16-29(69)23-67(35)54(83)33(18-38(55)72)61-49(34)79/h9-12,26-29,32-35,37,44-45,64,68-71H,4-8,13-25H2,1-3H3,(H2,55,72)(H,56,73)(H,57,78)(H,58,81)(H,59,74)(H,60,82)(H,61,79)(H,62,75)(H,63,80)/t26-,27+,28?,29+,32+,33-,34+,35-,37+,44-,45-,85?/m0/s1. The van der Waals surface area contributed by atoms with Crippen LogP contribution in [0.2, 0.25) is 0 Å². The highest BCUT2D eigenvalue weighted by Crippen LogP contribution is 2.41. The summed E-state index contributed by atoms with van der Waals surface area (Å²) in [5.41, 5.74) is 5.92. The predicted molar refractivity (Wildman–Crippen MR) is 300 cm³/mol. The fourth-order valence-electron chi connectivity index (χ4n) is 11.0. The summed E-state index contributed by atoms with van der Waals surface area (Å²) in [4.78, 5) is 171. The first-order valence-corrected chi connectivity index (χ1v) is 29.6. The molecule has 2 unspecified atom stereocenters. The van der Waals surface area contributed by atoms with Crippen molar-refractivity contribution in [2.24, 2.45) is 23.5 Å². The number of H-pyrrole nitrogens is 1. The van der Waals surface area contributed by atoms with Gasteiger partial charge in [-0.05, 0) is 48.8 Å². The number of aromatic nitrogens is 1. The van der Waals surface area contributed by atoms with Crippen molar-refractivity contribution >= 4 is 98.3 Å². The van der Waals surface area contributed by atoms with Gasteiger partial charge in [-0.1, -0.05) is 33.6 Å². The second-order valence-corrected chi connectivity index (χ2v) is 23.6. The molecule has 2 aromatic rings. The van der Waals surface area contributed by atoms with Gasteiger partial charge in [0, 0.05) is 75.4 Å². The maximum Gasteiger partial charge on any atom is 0.253 e. The van der Waals surface area contributed by atoms with E-state index in [0.29, 0.717) is 38.6 Å². The number of unbranched alkanes of at least 4 members (excludes halogenated alkanes) is 2. The molecule has 5 aliphatic heterocycles. The molecule has 0 radical (unpaired) electrons. The number of phenolic OH excluding ortho intramolecular Hbond substituents is 1. The summed E-state index contributed by atoms with van der Waals surface area (Å²) in [6, 6.07) is -7.58. The summed E-state index contributed by atoms with van der Waals surface area (Å²) < 4.78 is 15.3. The van der Waals surface area contributed by atoms with Gasteiger partial charge in [0.1, 0.15) is 52.7 Å². The molecule has 0 saturated carbocycles. The van der Waals surface area contributed by atoms with E-state index in [1.807, 2.05) is 4.90 Å². The van der Waals surface area contributed by atoms with Crippen LogP contribution in [0.4, 0.5) is 5.69 Å². The van der Waals surface area contributed by atoms with Crippen molar-refractivity contribution in [1.29, 1.82) is 0 Å². The molecule has 2 bridgehead atoms. The fourth-order valence-corrected chi connectivity index (χ4v) is 12.4. The van der Waals surface area contributed by atoms with E-state index in [4.69, 9.17) is 5.73 Å². The minimum atomic E-state index is -2.52. The molecule has 2 saturated heterocycles. The molecule has 85 heavy (non-hydrogen) atoms. The third-order valence-electron chi connectivity index (χ3n) is 16.1. The molecule has 5 aliphatic rings. The maximum atomic E-state index is 15.3. The topological polar surface area (TPSA) is 451 Å². The van der Waals surface area contributed by atoms with Crippen molar-refractivity contribution in [2.75, 3.05) is 63.1 Å². The molecule has 6 heterocycles. The SMILES string of the molecule is CC[C@H](C)[C@@H]1NC(=O)CNC(=O)[C@H]2Cc3c([nH]c4c(N5CCC(CNC(=O)CCCCCN6C(=O)C=CC6=O)C5)c(O)ccc34)S(=O)C[C@@H](NC(=O)CNC1=O)C(=O)N[C@@H](CC(N)=O)C(=O)N1C[C@H](O)C[C@H]1C(=O)N[C@@H]([C@H](C)[C@H](O)CO)C(=O)N2. The second kappa shape index (κ2) is 28.7. The van der Waals surface area contributed by atoms with Gasteiger partial charge in [0.05, 0.1) is 60.4 Å². The van der Waals surface area contributed by atoms with Crippen LogP contribution >= 0.6 is 0 Å². The Morgan fingerprint density at radius 3 is 2.20 bits per heavy atom. The quantitative estimate of drug-likeness (QED) is 0.0551. The lowest BCUT2D eigenvalue weighted by atomic mass is 9.93. The lowest BCUT2D eigenvalue weighted by Gasteiger charge is -2.32. The summed E-state index contributed by atoms with van der Waals surface area (Å²) >= 11 is 0. The van der Waals surface area contributed by atoms with Crippen molar-refractivity contribution < 1.29 is 82.2 Å². The summed E-state index contributed by atoms with van der Waals surface area (Å²) in [6.45, 7) is 2.63. The number of aliphatic hydroxyl groups is 3. The Morgan fingerprint density at radius 1 is 0.824 bits per heavy atom. The van der Waals surface area contributed by atoms with E-state index in [1.54, 1.807) is 13.8 Å². The third kappa shape index (κ3) is 15.8. The number of nitrogens with zero attached hydrogens (tertiary/aromatic N) is 3.